The maximum Gasteiger partial charge on any atom is 0.220 e. The van der Waals surface area contributed by atoms with Crippen molar-refractivity contribution in [1.29, 1.82) is 0 Å². The maximum absolute atomic E-state index is 2.38. The van der Waals surface area contributed by atoms with E-state index in [1.165, 1.54) is 50.8 Å². The van der Waals surface area contributed by atoms with Gasteiger partial charge < -0.3 is 4.90 Å². The Balaban J connectivity index is 2.04. The van der Waals surface area contributed by atoms with Gasteiger partial charge in [0.1, 0.15) is 7.05 Å². The number of anilines is 1. The summed E-state index contributed by atoms with van der Waals surface area (Å²) in [5.74, 6) is 0.714. The lowest BCUT2D eigenvalue weighted by atomic mass is 9.96. The molecular formula is C27H35N2+. The molecule has 0 saturated carbocycles. The Hall–Kier alpha value is -2.61. The molecule has 152 valence electrons. The van der Waals surface area contributed by atoms with Crippen LogP contribution in [0.2, 0.25) is 0 Å². The van der Waals surface area contributed by atoms with Gasteiger partial charge in [-0.05, 0) is 67.3 Å². The van der Waals surface area contributed by atoms with Crippen LogP contribution < -0.4 is 9.47 Å². The molecule has 0 amide bonds. The summed E-state index contributed by atoms with van der Waals surface area (Å²) < 4.78 is 2.25. The Morgan fingerprint density at radius 1 is 1.07 bits per heavy atom. The van der Waals surface area contributed by atoms with E-state index in [1.54, 1.807) is 0 Å². The molecule has 0 spiro atoms. The highest BCUT2D eigenvalue weighted by Crippen LogP contribution is 2.31. The summed E-state index contributed by atoms with van der Waals surface area (Å²) in [7, 11) is 6.33. The first-order chi connectivity index (χ1) is 13.8. The smallest absolute Gasteiger partial charge is 0.220 e. The van der Waals surface area contributed by atoms with Gasteiger partial charge in [-0.25, -0.2) is 4.57 Å². The minimum absolute atomic E-state index is 0.714. The number of aryl methyl sites for hydroxylation is 2. The summed E-state index contributed by atoms with van der Waals surface area (Å²) in [6.07, 6.45) is 6.74. The number of fused-ring (bicyclic) bond motifs is 1. The zero-order valence-electron chi connectivity index (χ0n) is 19.1. The van der Waals surface area contributed by atoms with E-state index in [1.807, 2.05) is 0 Å². The van der Waals surface area contributed by atoms with Crippen LogP contribution in [0.15, 0.2) is 60.3 Å². The summed E-state index contributed by atoms with van der Waals surface area (Å²) in [6, 6.07) is 15.9. The highest BCUT2D eigenvalue weighted by molar-refractivity contribution is 5.94. The summed E-state index contributed by atoms with van der Waals surface area (Å²) in [5, 5.41) is 2.61. The fourth-order valence-electron chi connectivity index (χ4n) is 4.05. The molecule has 0 aliphatic heterocycles. The van der Waals surface area contributed by atoms with Crippen molar-refractivity contribution in [3.05, 3.63) is 71.4 Å². The second-order valence-corrected chi connectivity index (χ2v) is 8.94. The number of aromatic nitrogens is 1. The van der Waals surface area contributed by atoms with Crippen molar-refractivity contribution in [2.75, 3.05) is 19.0 Å². The third-order valence-corrected chi connectivity index (χ3v) is 5.61. The van der Waals surface area contributed by atoms with Crippen LogP contribution in [0.4, 0.5) is 5.69 Å². The Morgan fingerprint density at radius 2 is 1.83 bits per heavy atom. The Kier molecular flexibility index (Phi) is 6.42. The molecular weight excluding hydrogens is 352 g/mol. The van der Waals surface area contributed by atoms with Crippen LogP contribution in [0.3, 0.4) is 0 Å². The molecule has 0 radical (unpaired) electrons. The third kappa shape index (κ3) is 4.87. The lowest BCUT2D eigenvalue weighted by Gasteiger charge is -2.15. The van der Waals surface area contributed by atoms with E-state index in [-0.39, 0.29) is 0 Å². The molecule has 0 atom stereocenters. The number of rotatable bonds is 6. The number of hydrogen-bond donors (Lipinski definition) is 0. The second-order valence-electron chi connectivity index (χ2n) is 8.94. The molecule has 2 heteroatoms. The molecule has 2 nitrogen and oxygen atoms in total. The van der Waals surface area contributed by atoms with Gasteiger partial charge in [0.25, 0.3) is 0 Å². The third-order valence-electron chi connectivity index (χ3n) is 5.61. The molecule has 3 aromatic rings. The molecule has 1 aromatic heterocycles. The number of allylic oxidation sites excluding steroid dienone is 2. The predicted molar refractivity (Wildman–Crippen MR) is 127 cm³/mol. The number of pyridine rings is 1. The fourth-order valence-corrected chi connectivity index (χ4v) is 4.05. The van der Waals surface area contributed by atoms with Crippen molar-refractivity contribution in [1.82, 2.24) is 0 Å². The molecule has 0 bridgehead atoms. The van der Waals surface area contributed by atoms with Crippen molar-refractivity contribution < 1.29 is 4.57 Å². The first-order valence-corrected chi connectivity index (χ1v) is 10.6. The topological polar surface area (TPSA) is 7.12 Å². The van der Waals surface area contributed by atoms with Gasteiger partial charge in [0, 0.05) is 25.8 Å². The van der Waals surface area contributed by atoms with Crippen molar-refractivity contribution >= 4 is 16.5 Å². The maximum atomic E-state index is 2.38. The molecule has 0 aliphatic carbocycles. The number of benzene rings is 2. The van der Waals surface area contributed by atoms with Gasteiger partial charge in [-0.15, -0.1) is 0 Å². The lowest BCUT2D eigenvalue weighted by molar-refractivity contribution is -0.659. The molecule has 0 saturated heterocycles. The zero-order chi connectivity index (χ0) is 21.1. The molecule has 2 aromatic carbocycles. The van der Waals surface area contributed by atoms with Gasteiger partial charge in [-0.2, -0.15) is 0 Å². The minimum atomic E-state index is 0.714. The lowest BCUT2D eigenvalue weighted by Crippen LogP contribution is -2.30. The monoisotopic (exact) mass is 387 g/mol. The first-order valence-electron chi connectivity index (χ1n) is 10.6. The van der Waals surface area contributed by atoms with Crippen LogP contribution in [-0.4, -0.2) is 14.1 Å². The molecule has 0 fully saturated rings. The van der Waals surface area contributed by atoms with Crippen molar-refractivity contribution in [3.8, 4) is 11.3 Å². The molecule has 3 rings (SSSR count). The predicted octanol–water partition coefficient (Wildman–Crippen LogP) is 6.24. The molecule has 0 N–H and O–H groups in total. The van der Waals surface area contributed by atoms with Gasteiger partial charge in [0.2, 0.25) is 5.69 Å². The average Bonchev–Trinajstić information content (AvgIpc) is 2.66. The zero-order valence-corrected chi connectivity index (χ0v) is 19.1. The Labute approximate surface area is 176 Å². The van der Waals surface area contributed by atoms with E-state index in [9.17, 15) is 0 Å². The van der Waals surface area contributed by atoms with E-state index >= 15 is 0 Å². The SMILES string of the molecule is CC(=CCc1ccc2c(-c3cc(N(C)C)ccc3C)[n+](C)ccc2c1)CC(C)C. The van der Waals surface area contributed by atoms with Crippen LogP contribution >= 0.6 is 0 Å². The normalized spacial score (nSPS) is 12.1. The van der Waals surface area contributed by atoms with Crippen LogP contribution in [0.25, 0.3) is 22.0 Å². The van der Waals surface area contributed by atoms with Crippen LogP contribution in [-0.2, 0) is 13.5 Å². The minimum Gasteiger partial charge on any atom is -0.378 e. The largest absolute Gasteiger partial charge is 0.378 e. The van der Waals surface area contributed by atoms with Crippen molar-refractivity contribution in [3.63, 3.8) is 0 Å². The molecule has 1 heterocycles. The van der Waals surface area contributed by atoms with Crippen LogP contribution in [0.1, 0.15) is 38.3 Å². The Bertz CT molecular complexity index is 1040. The summed E-state index contributed by atoms with van der Waals surface area (Å²) in [6.45, 7) is 9.01. The van der Waals surface area contributed by atoms with E-state index in [0.717, 1.165) is 6.42 Å². The van der Waals surface area contributed by atoms with Gasteiger partial charge in [-0.3, -0.25) is 0 Å². The van der Waals surface area contributed by atoms with E-state index in [0.29, 0.717) is 5.92 Å². The van der Waals surface area contributed by atoms with Crippen LogP contribution in [0.5, 0.6) is 0 Å². The average molecular weight is 388 g/mol. The number of nitrogens with zero attached hydrogens (tertiary/aromatic N) is 2. The standard InChI is InChI=1S/C27H35N2/c1-19(2)16-20(3)8-10-22-11-13-25-23(17-22)14-15-29(7)27(25)26-18-24(28(5)6)12-9-21(26)4/h8-9,11-15,17-19H,10,16H2,1-7H3/q+1. The van der Waals surface area contributed by atoms with E-state index in [4.69, 9.17) is 0 Å². The van der Waals surface area contributed by atoms with Crippen LogP contribution in [0, 0.1) is 12.8 Å². The van der Waals surface area contributed by atoms with Gasteiger partial charge in [0.15, 0.2) is 6.20 Å². The molecule has 0 aliphatic rings. The van der Waals surface area contributed by atoms with E-state index < -0.39 is 0 Å². The first kappa shape index (κ1) is 21.1. The number of hydrogen-bond acceptors (Lipinski definition) is 1. The summed E-state index contributed by atoms with van der Waals surface area (Å²) in [5.41, 5.74) is 7.96. The Morgan fingerprint density at radius 3 is 2.52 bits per heavy atom. The van der Waals surface area contributed by atoms with E-state index in [2.05, 4.69) is 113 Å². The highest BCUT2D eigenvalue weighted by Gasteiger charge is 2.18. The van der Waals surface area contributed by atoms with Gasteiger partial charge in [-0.1, -0.05) is 43.7 Å². The van der Waals surface area contributed by atoms with Gasteiger partial charge in [0.05, 0.1) is 10.9 Å². The second kappa shape index (κ2) is 8.82. The summed E-state index contributed by atoms with van der Waals surface area (Å²) >= 11 is 0. The van der Waals surface area contributed by atoms with Crippen molar-refractivity contribution in [2.24, 2.45) is 13.0 Å². The quantitative estimate of drug-likeness (QED) is 0.359. The fraction of sp³-hybridized carbons (Fsp3) is 0.370. The highest BCUT2D eigenvalue weighted by atomic mass is 15.1. The van der Waals surface area contributed by atoms with Gasteiger partial charge >= 0.3 is 0 Å². The molecule has 29 heavy (non-hydrogen) atoms. The summed E-state index contributed by atoms with van der Waals surface area (Å²) in [4.78, 5) is 2.16. The molecule has 0 unspecified atom stereocenters. The van der Waals surface area contributed by atoms with Crippen molar-refractivity contribution in [2.45, 2.75) is 40.5 Å².